The number of benzene rings is 1. The van der Waals surface area contributed by atoms with Gasteiger partial charge < -0.3 is 14.8 Å². The van der Waals surface area contributed by atoms with Gasteiger partial charge in [0, 0.05) is 6.04 Å². The van der Waals surface area contributed by atoms with E-state index in [4.69, 9.17) is 9.47 Å². The quantitative estimate of drug-likeness (QED) is 0.823. The molecule has 0 aliphatic carbocycles. The maximum atomic E-state index is 12.0. The number of nitrogens with one attached hydrogen (secondary N) is 1. The molecule has 0 fully saturated rings. The van der Waals surface area contributed by atoms with Crippen LogP contribution in [0.25, 0.3) is 0 Å². The Morgan fingerprint density at radius 2 is 2.10 bits per heavy atom. The summed E-state index contributed by atoms with van der Waals surface area (Å²) >= 11 is 3.40. The molecule has 0 aromatic heterocycles. The molecule has 2 atom stereocenters. The van der Waals surface area contributed by atoms with E-state index in [1.807, 2.05) is 6.92 Å². The lowest BCUT2D eigenvalue weighted by Crippen LogP contribution is -2.41. The zero-order valence-corrected chi connectivity index (χ0v) is 14.0. The highest BCUT2D eigenvalue weighted by molar-refractivity contribution is 9.10. The molecule has 2 unspecified atom stereocenters. The first-order chi connectivity index (χ1) is 9.47. The SMILES string of the molecule is CCCC(C)NC(=O)C(C)Oc1ccc(OC)cc1Br. The van der Waals surface area contributed by atoms with Crippen molar-refractivity contribution in [2.75, 3.05) is 7.11 Å². The lowest BCUT2D eigenvalue weighted by Gasteiger charge is -2.19. The molecule has 0 bridgehead atoms. The summed E-state index contributed by atoms with van der Waals surface area (Å²) in [5.41, 5.74) is 0. The Hall–Kier alpha value is -1.23. The Balaban J connectivity index is 2.61. The zero-order chi connectivity index (χ0) is 15.1. The van der Waals surface area contributed by atoms with Gasteiger partial charge in [0.1, 0.15) is 11.5 Å². The number of ether oxygens (including phenoxy) is 2. The molecule has 1 rings (SSSR count). The van der Waals surface area contributed by atoms with Crippen molar-refractivity contribution in [3.8, 4) is 11.5 Å². The lowest BCUT2D eigenvalue weighted by atomic mass is 10.2. The standard InChI is InChI=1S/C15H22BrNO3/c1-5-6-10(2)17-15(18)11(3)20-14-8-7-12(19-4)9-13(14)16/h7-11H,5-6H2,1-4H3,(H,17,18). The molecule has 1 amide bonds. The molecule has 4 nitrogen and oxygen atoms in total. The van der Waals surface area contributed by atoms with Gasteiger partial charge in [0.05, 0.1) is 11.6 Å². The van der Waals surface area contributed by atoms with Crippen molar-refractivity contribution in [3.05, 3.63) is 22.7 Å². The van der Waals surface area contributed by atoms with Crippen LogP contribution in [-0.4, -0.2) is 25.2 Å². The van der Waals surface area contributed by atoms with Gasteiger partial charge >= 0.3 is 0 Å². The van der Waals surface area contributed by atoms with Gasteiger partial charge in [-0.05, 0) is 54.4 Å². The zero-order valence-electron chi connectivity index (χ0n) is 12.4. The summed E-state index contributed by atoms with van der Waals surface area (Å²) in [6, 6.07) is 5.55. The molecule has 1 N–H and O–H groups in total. The fraction of sp³-hybridized carbons (Fsp3) is 0.533. The molecule has 0 radical (unpaired) electrons. The van der Waals surface area contributed by atoms with Crippen LogP contribution in [0.2, 0.25) is 0 Å². The summed E-state index contributed by atoms with van der Waals surface area (Å²) in [4.78, 5) is 12.0. The van der Waals surface area contributed by atoms with E-state index in [1.165, 1.54) is 0 Å². The average molecular weight is 344 g/mol. The van der Waals surface area contributed by atoms with Crippen LogP contribution in [0.4, 0.5) is 0 Å². The van der Waals surface area contributed by atoms with Gasteiger partial charge in [0.15, 0.2) is 6.10 Å². The van der Waals surface area contributed by atoms with Crippen LogP contribution in [-0.2, 0) is 4.79 Å². The summed E-state index contributed by atoms with van der Waals surface area (Å²) < 4.78 is 11.6. The van der Waals surface area contributed by atoms with Crippen molar-refractivity contribution in [2.45, 2.75) is 45.8 Å². The Kier molecular flexibility index (Phi) is 6.85. The minimum Gasteiger partial charge on any atom is -0.497 e. The molecular formula is C15H22BrNO3. The minimum absolute atomic E-state index is 0.103. The number of halogens is 1. The second-order valence-electron chi connectivity index (χ2n) is 4.75. The van der Waals surface area contributed by atoms with Gasteiger partial charge in [-0.2, -0.15) is 0 Å². The lowest BCUT2D eigenvalue weighted by molar-refractivity contribution is -0.127. The van der Waals surface area contributed by atoms with Crippen molar-refractivity contribution >= 4 is 21.8 Å². The molecule has 0 heterocycles. The van der Waals surface area contributed by atoms with E-state index in [1.54, 1.807) is 32.2 Å². The second-order valence-corrected chi connectivity index (χ2v) is 5.61. The van der Waals surface area contributed by atoms with E-state index in [-0.39, 0.29) is 11.9 Å². The summed E-state index contributed by atoms with van der Waals surface area (Å²) in [6.45, 7) is 5.83. The largest absolute Gasteiger partial charge is 0.497 e. The molecule has 0 aliphatic heterocycles. The third-order valence-corrected chi connectivity index (χ3v) is 3.54. The van der Waals surface area contributed by atoms with E-state index < -0.39 is 6.10 Å². The minimum atomic E-state index is -0.543. The predicted molar refractivity (Wildman–Crippen MR) is 83.3 cm³/mol. The molecule has 1 aromatic carbocycles. The first-order valence-electron chi connectivity index (χ1n) is 6.78. The molecule has 0 saturated heterocycles. The van der Waals surface area contributed by atoms with Crippen LogP contribution in [0.3, 0.4) is 0 Å². The highest BCUT2D eigenvalue weighted by atomic mass is 79.9. The molecule has 112 valence electrons. The van der Waals surface area contributed by atoms with E-state index in [0.717, 1.165) is 23.1 Å². The maximum absolute atomic E-state index is 12.0. The summed E-state index contributed by atoms with van der Waals surface area (Å²) in [5.74, 6) is 1.25. The van der Waals surface area contributed by atoms with Crippen molar-refractivity contribution in [2.24, 2.45) is 0 Å². The van der Waals surface area contributed by atoms with Gasteiger partial charge in [-0.15, -0.1) is 0 Å². The molecule has 1 aromatic rings. The van der Waals surface area contributed by atoms with Crippen molar-refractivity contribution in [1.29, 1.82) is 0 Å². The van der Waals surface area contributed by atoms with Crippen molar-refractivity contribution in [3.63, 3.8) is 0 Å². The fourth-order valence-corrected chi connectivity index (χ4v) is 2.26. The molecule has 0 aliphatic rings. The van der Waals surface area contributed by atoms with Gasteiger partial charge in [-0.1, -0.05) is 13.3 Å². The normalized spacial score (nSPS) is 13.4. The predicted octanol–water partition coefficient (Wildman–Crippen LogP) is 3.53. The highest BCUT2D eigenvalue weighted by Crippen LogP contribution is 2.29. The van der Waals surface area contributed by atoms with Gasteiger partial charge in [0.2, 0.25) is 0 Å². The Bertz CT molecular complexity index is 451. The maximum Gasteiger partial charge on any atom is 0.260 e. The van der Waals surface area contributed by atoms with Crippen molar-refractivity contribution in [1.82, 2.24) is 5.32 Å². The number of carbonyl (C=O) groups is 1. The Morgan fingerprint density at radius 3 is 2.65 bits per heavy atom. The third-order valence-electron chi connectivity index (χ3n) is 2.92. The Labute approximate surface area is 129 Å². The summed E-state index contributed by atoms with van der Waals surface area (Å²) in [6.07, 6.45) is 1.46. The second kappa shape index (κ2) is 8.15. The monoisotopic (exact) mass is 343 g/mol. The summed E-state index contributed by atoms with van der Waals surface area (Å²) in [5, 5.41) is 2.94. The van der Waals surface area contributed by atoms with E-state index in [9.17, 15) is 4.79 Å². The van der Waals surface area contributed by atoms with Gasteiger partial charge in [0.25, 0.3) is 5.91 Å². The molecule has 0 spiro atoms. The first-order valence-corrected chi connectivity index (χ1v) is 7.57. The highest BCUT2D eigenvalue weighted by Gasteiger charge is 2.17. The Morgan fingerprint density at radius 1 is 1.40 bits per heavy atom. The van der Waals surface area contributed by atoms with E-state index in [2.05, 4.69) is 28.2 Å². The number of rotatable bonds is 7. The van der Waals surface area contributed by atoms with Crippen LogP contribution in [0, 0.1) is 0 Å². The molecule has 20 heavy (non-hydrogen) atoms. The van der Waals surface area contributed by atoms with E-state index in [0.29, 0.717) is 5.75 Å². The number of hydrogen-bond acceptors (Lipinski definition) is 3. The number of hydrogen-bond donors (Lipinski definition) is 1. The number of methoxy groups -OCH3 is 1. The smallest absolute Gasteiger partial charge is 0.260 e. The van der Waals surface area contributed by atoms with Crippen LogP contribution < -0.4 is 14.8 Å². The summed E-state index contributed by atoms with van der Waals surface area (Å²) in [7, 11) is 1.60. The topological polar surface area (TPSA) is 47.6 Å². The molecule has 0 saturated carbocycles. The van der Waals surface area contributed by atoms with Crippen LogP contribution in [0.15, 0.2) is 22.7 Å². The van der Waals surface area contributed by atoms with Gasteiger partial charge in [-0.3, -0.25) is 4.79 Å². The van der Waals surface area contributed by atoms with Crippen molar-refractivity contribution < 1.29 is 14.3 Å². The van der Waals surface area contributed by atoms with Crippen LogP contribution in [0.5, 0.6) is 11.5 Å². The first kappa shape index (κ1) is 16.8. The third kappa shape index (κ3) is 5.04. The fourth-order valence-electron chi connectivity index (χ4n) is 1.81. The number of amides is 1. The average Bonchev–Trinajstić information content (AvgIpc) is 2.41. The van der Waals surface area contributed by atoms with E-state index >= 15 is 0 Å². The van der Waals surface area contributed by atoms with Crippen LogP contribution in [0.1, 0.15) is 33.6 Å². The van der Waals surface area contributed by atoms with Crippen LogP contribution >= 0.6 is 15.9 Å². The van der Waals surface area contributed by atoms with Gasteiger partial charge in [-0.25, -0.2) is 0 Å². The molecule has 5 heteroatoms. The number of carbonyl (C=O) groups excluding carboxylic acids is 1. The molecular weight excluding hydrogens is 322 g/mol.